The average Bonchev–Trinajstić information content (AvgIpc) is 2.44. The van der Waals surface area contributed by atoms with Crippen LogP contribution in [0.1, 0.15) is 0 Å². The first kappa shape index (κ1) is 12.2. The molecule has 0 amide bonds. The summed E-state index contributed by atoms with van der Waals surface area (Å²) in [6.07, 6.45) is 1.66. The Kier molecular flexibility index (Phi) is 2.83. The van der Waals surface area contributed by atoms with Crippen LogP contribution in [0.5, 0.6) is 0 Å². The molecule has 1 aromatic carbocycles. The van der Waals surface area contributed by atoms with Crippen molar-refractivity contribution < 1.29 is 0 Å². The third kappa shape index (κ3) is 2.07. The number of fused-ring (bicyclic) bond motifs is 1. The molecule has 0 fully saturated rings. The van der Waals surface area contributed by atoms with Gasteiger partial charge in [-0.1, -0.05) is 18.2 Å². The summed E-state index contributed by atoms with van der Waals surface area (Å²) in [5.41, 5.74) is 6.89. The highest BCUT2D eigenvalue weighted by molar-refractivity contribution is 5.90. The fraction of sp³-hybridized carbons (Fsp3) is 0.0714. The van der Waals surface area contributed by atoms with Crippen molar-refractivity contribution in [3.05, 3.63) is 52.9 Å². The van der Waals surface area contributed by atoms with Crippen LogP contribution < -0.4 is 16.6 Å². The average molecular weight is 267 g/mol. The number of pyridine rings is 1. The van der Waals surface area contributed by atoms with Crippen LogP contribution in [-0.4, -0.2) is 14.5 Å². The first-order chi connectivity index (χ1) is 9.65. The molecule has 0 saturated carbocycles. The molecule has 0 bridgehead atoms. The Bertz CT molecular complexity index is 826. The maximum atomic E-state index is 12.3. The quantitative estimate of drug-likeness (QED) is 0.737. The van der Waals surface area contributed by atoms with Crippen LogP contribution in [-0.2, 0) is 7.05 Å². The van der Waals surface area contributed by atoms with Gasteiger partial charge in [0, 0.05) is 18.9 Å². The molecule has 0 unspecified atom stereocenters. The molecule has 0 atom stereocenters. The normalized spacial score (nSPS) is 10.7. The van der Waals surface area contributed by atoms with Gasteiger partial charge in [0.15, 0.2) is 0 Å². The molecule has 0 aliphatic rings. The smallest absolute Gasteiger partial charge is 0.263 e. The van der Waals surface area contributed by atoms with Gasteiger partial charge in [-0.05, 0) is 18.2 Å². The molecular weight excluding hydrogens is 254 g/mol. The highest BCUT2D eigenvalue weighted by Crippen LogP contribution is 2.21. The van der Waals surface area contributed by atoms with Gasteiger partial charge in [0.2, 0.25) is 5.95 Å². The predicted octanol–water partition coefficient (Wildman–Crippen LogP) is 1.65. The van der Waals surface area contributed by atoms with Crippen molar-refractivity contribution in [2.24, 2.45) is 7.05 Å². The van der Waals surface area contributed by atoms with Crippen LogP contribution in [0, 0.1) is 0 Å². The second-order valence-electron chi connectivity index (χ2n) is 4.41. The van der Waals surface area contributed by atoms with Gasteiger partial charge in [-0.25, -0.2) is 4.98 Å². The maximum absolute atomic E-state index is 12.3. The molecule has 0 saturated heterocycles. The second-order valence-corrected chi connectivity index (χ2v) is 4.41. The molecule has 100 valence electrons. The lowest BCUT2D eigenvalue weighted by Gasteiger charge is -2.09. The van der Waals surface area contributed by atoms with E-state index in [0.717, 1.165) is 5.69 Å². The summed E-state index contributed by atoms with van der Waals surface area (Å²) in [7, 11) is 1.68. The Morgan fingerprint density at radius 3 is 2.65 bits per heavy atom. The van der Waals surface area contributed by atoms with Gasteiger partial charge in [0.05, 0.1) is 5.52 Å². The summed E-state index contributed by atoms with van der Waals surface area (Å²) >= 11 is 0. The Morgan fingerprint density at radius 1 is 1.15 bits per heavy atom. The number of nitrogens with zero attached hydrogens (tertiary/aromatic N) is 3. The monoisotopic (exact) mass is 267 g/mol. The van der Waals surface area contributed by atoms with E-state index in [1.165, 1.54) is 4.57 Å². The van der Waals surface area contributed by atoms with E-state index in [1.807, 2.05) is 30.3 Å². The summed E-state index contributed by atoms with van der Waals surface area (Å²) < 4.78 is 1.48. The first-order valence-corrected chi connectivity index (χ1v) is 6.10. The standard InChI is InChI=1S/C14H13N5O/c1-19-8-7-10-11(13(19)20)12(18-14(15)17-10)16-9-5-3-2-4-6-9/h2-8H,1H3,(H3,15,16,17,18). The van der Waals surface area contributed by atoms with Crippen LogP contribution in [0.15, 0.2) is 47.4 Å². The molecular formula is C14H13N5O. The molecule has 3 N–H and O–H groups in total. The molecule has 0 radical (unpaired) electrons. The van der Waals surface area contributed by atoms with E-state index in [2.05, 4.69) is 15.3 Å². The van der Waals surface area contributed by atoms with Crippen molar-refractivity contribution in [2.45, 2.75) is 0 Å². The molecule has 3 rings (SSSR count). The molecule has 2 aromatic heterocycles. The zero-order valence-electron chi connectivity index (χ0n) is 10.9. The topological polar surface area (TPSA) is 85.8 Å². The van der Waals surface area contributed by atoms with E-state index in [1.54, 1.807) is 19.3 Å². The summed E-state index contributed by atoms with van der Waals surface area (Å²) in [4.78, 5) is 20.5. The lowest BCUT2D eigenvalue weighted by atomic mass is 10.2. The van der Waals surface area contributed by atoms with Crippen LogP contribution in [0.25, 0.3) is 10.9 Å². The SMILES string of the molecule is Cn1ccc2nc(N)nc(Nc3ccccc3)c2c1=O. The van der Waals surface area contributed by atoms with Gasteiger partial charge < -0.3 is 15.6 Å². The van der Waals surface area contributed by atoms with E-state index in [9.17, 15) is 4.79 Å². The maximum Gasteiger partial charge on any atom is 0.263 e. The summed E-state index contributed by atoms with van der Waals surface area (Å²) in [5, 5.41) is 3.54. The third-order valence-corrected chi connectivity index (χ3v) is 2.98. The van der Waals surface area contributed by atoms with Gasteiger partial charge >= 0.3 is 0 Å². The van der Waals surface area contributed by atoms with Crippen molar-refractivity contribution in [1.82, 2.24) is 14.5 Å². The van der Waals surface area contributed by atoms with Crippen molar-refractivity contribution in [2.75, 3.05) is 11.1 Å². The van der Waals surface area contributed by atoms with Crippen molar-refractivity contribution in [3.8, 4) is 0 Å². The van der Waals surface area contributed by atoms with Crippen LogP contribution >= 0.6 is 0 Å². The summed E-state index contributed by atoms with van der Waals surface area (Å²) in [5.74, 6) is 0.545. The number of nitrogen functional groups attached to an aromatic ring is 1. The number of aryl methyl sites for hydroxylation is 1. The lowest BCUT2D eigenvalue weighted by Crippen LogP contribution is -2.18. The van der Waals surface area contributed by atoms with Crippen LogP contribution in [0.3, 0.4) is 0 Å². The molecule has 2 heterocycles. The van der Waals surface area contributed by atoms with Gasteiger partial charge in [-0.2, -0.15) is 4.98 Å². The number of para-hydroxylation sites is 1. The highest BCUT2D eigenvalue weighted by atomic mass is 16.1. The second kappa shape index (κ2) is 4.65. The number of nitrogens with one attached hydrogen (secondary N) is 1. The highest BCUT2D eigenvalue weighted by Gasteiger charge is 2.11. The lowest BCUT2D eigenvalue weighted by molar-refractivity contribution is 0.871. The van der Waals surface area contributed by atoms with E-state index < -0.39 is 0 Å². The zero-order valence-corrected chi connectivity index (χ0v) is 10.9. The number of aromatic nitrogens is 3. The molecule has 3 aromatic rings. The number of anilines is 3. The van der Waals surface area contributed by atoms with Crippen molar-refractivity contribution in [3.63, 3.8) is 0 Å². The number of hydrogen-bond donors (Lipinski definition) is 2. The largest absolute Gasteiger partial charge is 0.368 e. The number of nitrogens with two attached hydrogens (primary N) is 1. The summed E-state index contributed by atoms with van der Waals surface area (Å²) in [6.45, 7) is 0. The fourth-order valence-corrected chi connectivity index (χ4v) is 2.00. The number of rotatable bonds is 2. The Balaban J connectivity index is 2.24. The van der Waals surface area contributed by atoms with E-state index in [-0.39, 0.29) is 11.5 Å². The molecule has 0 spiro atoms. The molecule has 0 aliphatic carbocycles. The first-order valence-electron chi connectivity index (χ1n) is 6.10. The van der Waals surface area contributed by atoms with Crippen LogP contribution in [0.2, 0.25) is 0 Å². The molecule has 20 heavy (non-hydrogen) atoms. The number of benzene rings is 1. The minimum absolute atomic E-state index is 0.129. The summed E-state index contributed by atoms with van der Waals surface area (Å²) in [6, 6.07) is 11.2. The Labute approximate surface area is 114 Å². The van der Waals surface area contributed by atoms with E-state index in [4.69, 9.17) is 5.73 Å². The Morgan fingerprint density at radius 2 is 1.90 bits per heavy atom. The molecule has 6 heteroatoms. The fourth-order valence-electron chi connectivity index (χ4n) is 2.00. The molecule has 0 aliphatic heterocycles. The van der Waals surface area contributed by atoms with Gasteiger partial charge in [0.1, 0.15) is 11.2 Å². The van der Waals surface area contributed by atoms with Gasteiger partial charge in [-0.15, -0.1) is 0 Å². The minimum atomic E-state index is -0.166. The van der Waals surface area contributed by atoms with Crippen molar-refractivity contribution >= 4 is 28.4 Å². The predicted molar refractivity (Wildman–Crippen MR) is 78.9 cm³/mol. The number of hydrogen-bond acceptors (Lipinski definition) is 5. The zero-order chi connectivity index (χ0) is 14.1. The van der Waals surface area contributed by atoms with Crippen LogP contribution in [0.4, 0.5) is 17.5 Å². The Hall–Kier alpha value is -2.89. The van der Waals surface area contributed by atoms with E-state index >= 15 is 0 Å². The van der Waals surface area contributed by atoms with E-state index in [0.29, 0.717) is 16.7 Å². The minimum Gasteiger partial charge on any atom is -0.368 e. The molecule has 6 nitrogen and oxygen atoms in total. The van der Waals surface area contributed by atoms with Gasteiger partial charge in [0.25, 0.3) is 5.56 Å². The van der Waals surface area contributed by atoms with Crippen molar-refractivity contribution in [1.29, 1.82) is 0 Å². The third-order valence-electron chi connectivity index (χ3n) is 2.98. The van der Waals surface area contributed by atoms with Gasteiger partial charge in [-0.3, -0.25) is 4.79 Å².